The van der Waals surface area contributed by atoms with Gasteiger partial charge >= 0.3 is 0 Å². The van der Waals surface area contributed by atoms with Gasteiger partial charge in [-0.05, 0) is 73.0 Å². The molecule has 0 aromatic heterocycles. The van der Waals surface area contributed by atoms with Gasteiger partial charge in [0.2, 0.25) is 0 Å². The number of halogens is 3. The molecule has 0 aliphatic heterocycles. The maximum Gasteiger partial charge on any atom is 0.287 e. The molecule has 0 saturated heterocycles. The summed E-state index contributed by atoms with van der Waals surface area (Å²) in [5.74, 6) is -3.63. The van der Waals surface area contributed by atoms with Crippen LogP contribution >= 0.6 is 11.9 Å². The van der Waals surface area contributed by atoms with E-state index in [1.54, 1.807) is 24.3 Å². The lowest BCUT2D eigenvalue weighted by molar-refractivity contribution is 0.0320. The van der Waals surface area contributed by atoms with E-state index in [0.29, 0.717) is 11.3 Å². The number of rotatable bonds is 8. The van der Waals surface area contributed by atoms with E-state index in [-0.39, 0.29) is 12.1 Å². The first-order chi connectivity index (χ1) is 12.9. The Balaban J connectivity index is 2.45. The van der Waals surface area contributed by atoms with Gasteiger partial charge < -0.3 is 5.73 Å². The van der Waals surface area contributed by atoms with Gasteiger partial charge in [-0.2, -0.15) is 8.78 Å². The lowest BCUT2D eigenvalue weighted by Crippen LogP contribution is -2.26. The lowest BCUT2D eigenvalue weighted by Gasteiger charge is -2.16. The van der Waals surface area contributed by atoms with Crippen LogP contribution in [0.2, 0.25) is 0 Å². The zero-order valence-electron chi connectivity index (χ0n) is 14.5. The Morgan fingerprint density at radius 2 is 1.74 bits per heavy atom. The third kappa shape index (κ3) is 6.01. The maximum absolute atomic E-state index is 14.2. The summed E-state index contributed by atoms with van der Waals surface area (Å²) < 4.78 is 41.6. The number of hydrogen-bond donors (Lipinski definition) is 2. The highest BCUT2D eigenvalue weighted by Gasteiger charge is 2.31. The fraction of sp³-hybridized carbons (Fsp3) is 0.150. The summed E-state index contributed by atoms with van der Waals surface area (Å²) in [6.45, 7) is 3.45. The summed E-state index contributed by atoms with van der Waals surface area (Å²) in [6, 6.07) is 12.3. The minimum Gasteiger partial charge on any atom is -0.397 e. The first-order valence-electron chi connectivity index (χ1n) is 8.13. The van der Waals surface area contributed by atoms with Gasteiger partial charge in [0, 0.05) is 16.9 Å². The Bertz CT molecular complexity index is 829. The molecule has 0 atom stereocenters. The number of benzene rings is 2. The minimum absolute atomic E-state index is 0.128. The number of allylic oxidation sites excluding steroid dienone is 3. The van der Waals surface area contributed by atoms with Crippen molar-refractivity contribution in [3.05, 3.63) is 84.3 Å². The molecule has 0 radical (unpaired) electrons. The van der Waals surface area contributed by atoms with Crippen LogP contribution < -0.4 is 10.9 Å². The summed E-state index contributed by atoms with van der Waals surface area (Å²) in [6.07, 6.45) is 2.22. The molecule has 0 aliphatic rings. The zero-order chi connectivity index (χ0) is 19.9. The number of nitrogens with zero attached hydrogens (tertiary/aromatic N) is 1. The Morgan fingerprint density at radius 1 is 1.11 bits per heavy atom. The molecule has 2 aromatic rings. The van der Waals surface area contributed by atoms with Gasteiger partial charge in [0.1, 0.15) is 5.82 Å². The molecule has 7 heteroatoms. The minimum atomic E-state index is -3.20. The first-order valence-corrected chi connectivity index (χ1v) is 9.01. The summed E-state index contributed by atoms with van der Waals surface area (Å²) in [5.41, 5.74) is 6.26. The zero-order valence-corrected chi connectivity index (χ0v) is 15.4. The van der Waals surface area contributed by atoms with E-state index in [9.17, 15) is 13.2 Å². The highest BCUT2D eigenvalue weighted by molar-refractivity contribution is 7.97. The third-order valence-electron chi connectivity index (χ3n) is 3.74. The van der Waals surface area contributed by atoms with Crippen LogP contribution in [-0.4, -0.2) is 11.6 Å². The van der Waals surface area contributed by atoms with Gasteiger partial charge in [0.05, 0.1) is 17.1 Å². The topological polar surface area (TPSA) is 64.4 Å². The van der Waals surface area contributed by atoms with E-state index in [0.717, 1.165) is 22.9 Å². The predicted molar refractivity (Wildman–Crippen MR) is 106 cm³/mol. The molecule has 2 aromatic carbocycles. The second kappa shape index (κ2) is 9.43. The molecule has 0 unspecified atom stereocenters. The van der Waals surface area contributed by atoms with E-state index in [1.165, 1.54) is 30.3 Å². The molecule has 27 heavy (non-hydrogen) atoms. The summed E-state index contributed by atoms with van der Waals surface area (Å²) in [7, 11) is 0. The second-order valence-electron chi connectivity index (χ2n) is 5.75. The van der Waals surface area contributed by atoms with E-state index in [1.807, 2.05) is 0 Å². The van der Waals surface area contributed by atoms with Crippen molar-refractivity contribution < 1.29 is 13.2 Å². The van der Waals surface area contributed by atoms with Crippen molar-refractivity contribution in [3.63, 3.8) is 0 Å². The van der Waals surface area contributed by atoms with Gasteiger partial charge in [-0.15, -0.1) is 6.58 Å². The van der Waals surface area contributed by atoms with Crippen molar-refractivity contribution >= 4 is 23.3 Å². The fourth-order valence-electron chi connectivity index (χ4n) is 2.22. The van der Waals surface area contributed by atoms with Crippen LogP contribution in [0.1, 0.15) is 18.4 Å². The van der Waals surface area contributed by atoms with E-state index in [2.05, 4.69) is 11.6 Å². The molecule has 0 amide bonds. The van der Waals surface area contributed by atoms with Gasteiger partial charge in [-0.1, -0.05) is 6.08 Å². The normalized spacial score (nSPS) is 12.9. The molecule has 0 saturated carbocycles. The van der Waals surface area contributed by atoms with Crippen molar-refractivity contribution in [3.8, 4) is 0 Å². The van der Waals surface area contributed by atoms with E-state index >= 15 is 0 Å². The molecular formula is C20H20F3N3S. The largest absolute Gasteiger partial charge is 0.397 e. The monoisotopic (exact) mass is 391 g/mol. The van der Waals surface area contributed by atoms with Crippen molar-refractivity contribution in [2.45, 2.75) is 23.7 Å². The molecule has 4 N–H and O–H groups in total. The molecular weight excluding hydrogens is 371 g/mol. The molecule has 0 heterocycles. The summed E-state index contributed by atoms with van der Waals surface area (Å²) in [5, 5.41) is 5.49. The summed E-state index contributed by atoms with van der Waals surface area (Å²) >= 11 is 1.09. The van der Waals surface area contributed by atoms with Gasteiger partial charge in [-0.25, -0.2) is 9.38 Å². The molecule has 2 rings (SSSR count). The fourth-order valence-corrected chi connectivity index (χ4v) is 2.51. The van der Waals surface area contributed by atoms with E-state index in [4.69, 9.17) is 10.9 Å². The molecule has 0 bridgehead atoms. The summed E-state index contributed by atoms with van der Waals surface area (Å²) in [4.78, 5) is 5.24. The average molecular weight is 391 g/mol. The molecule has 0 fully saturated rings. The van der Waals surface area contributed by atoms with E-state index < -0.39 is 23.9 Å². The SMILES string of the molecule is C=CCCC(F)(F)/C(N)=C/C(=Nc1ccc(SN)cc1)c1ccc(F)cc1. The van der Waals surface area contributed by atoms with Crippen LogP contribution in [0, 0.1) is 5.82 Å². The highest BCUT2D eigenvalue weighted by atomic mass is 32.2. The van der Waals surface area contributed by atoms with Crippen molar-refractivity contribution in [2.75, 3.05) is 0 Å². The van der Waals surface area contributed by atoms with Crippen LogP contribution in [0.15, 0.2) is 82.8 Å². The van der Waals surface area contributed by atoms with Crippen LogP contribution in [0.3, 0.4) is 0 Å². The second-order valence-corrected chi connectivity index (χ2v) is 6.45. The predicted octanol–water partition coefficient (Wildman–Crippen LogP) is 5.36. The van der Waals surface area contributed by atoms with Gasteiger partial charge in [0.15, 0.2) is 0 Å². The quantitative estimate of drug-likeness (QED) is 0.362. The maximum atomic E-state index is 14.2. The Kier molecular flexibility index (Phi) is 7.27. The van der Waals surface area contributed by atoms with Crippen LogP contribution in [0.4, 0.5) is 18.9 Å². The third-order valence-corrected chi connectivity index (χ3v) is 4.28. The molecule has 0 spiro atoms. The van der Waals surface area contributed by atoms with Crippen molar-refractivity contribution in [1.82, 2.24) is 0 Å². The van der Waals surface area contributed by atoms with Crippen LogP contribution in [0.25, 0.3) is 0 Å². The highest BCUT2D eigenvalue weighted by Crippen LogP contribution is 2.27. The number of nitrogens with two attached hydrogens (primary N) is 2. The number of hydrogen-bond acceptors (Lipinski definition) is 4. The standard InChI is InChI=1S/C20H20F3N3S/c1-2-3-12-20(22,23)19(24)13-18(14-4-6-15(21)7-5-14)26-16-8-10-17(27-25)11-9-16/h2,4-11,13H,1,3,12,24-25H2/b19-13-,26-18?. The van der Waals surface area contributed by atoms with Gasteiger partial charge in [-0.3, -0.25) is 5.14 Å². The number of alkyl halides is 2. The van der Waals surface area contributed by atoms with Crippen LogP contribution in [0.5, 0.6) is 0 Å². The lowest BCUT2D eigenvalue weighted by atomic mass is 10.0. The Labute approximate surface area is 160 Å². The number of aliphatic imine (C=N–C) groups is 1. The first kappa shape index (κ1) is 20.8. The Morgan fingerprint density at radius 3 is 2.30 bits per heavy atom. The van der Waals surface area contributed by atoms with Gasteiger partial charge in [0.25, 0.3) is 5.92 Å². The molecule has 142 valence electrons. The molecule has 0 aliphatic carbocycles. The smallest absolute Gasteiger partial charge is 0.287 e. The average Bonchev–Trinajstić information content (AvgIpc) is 2.67. The van der Waals surface area contributed by atoms with Crippen molar-refractivity contribution in [1.29, 1.82) is 0 Å². The Hall–Kier alpha value is -2.51. The van der Waals surface area contributed by atoms with Crippen LogP contribution in [-0.2, 0) is 0 Å². The van der Waals surface area contributed by atoms with Crippen molar-refractivity contribution in [2.24, 2.45) is 15.9 Å². The molecule has 3 nitrogen and oxygen atoms in total.